The molecule has 5 amide bonds. The summed E-state index contributed by atoms with van der Waals surface area (Å²) < 4.78 is 13.6. The normalized spacial score (nSPS) is 20.0. The Kier molecular flexibility index (Phi) is 4.94. The van der Waals surface area contributed by atoms with Gasteiger partial charge in [-0.25, -0.2) is 9.18 Å². The average molecular weight is 410 g/mol. The molecule has 0 bridgehead atoms. The Morgan fingerprint density at radius 2 is 1.80 bits per heavy atom. The molecule has 1 aliphatic carbocycles. The van der Waals surface area contributed by atoms with Crippen molar-refractivity contribution < 1.29 is 23.6 Å². The molecule has 9 heteroatoms. The number of fused-ring (bicyclic) bond motifs is 2. The van der Waals surface area contributed by atoms with Crippen molar-refractivity contribution in [3.8, 4) is 0 Å². The lowest BCUT2D eigenvalue weighted by Crippen LogP contribution is -2.49. The number of amides is 5. The molecule has 0 radical (unpaired) electrons. The summed E-state index contributed by atoms with van der Waals surface area (Å²) >= 11 is 0. The topological polar surface area (TPSA) is 108 Å². The number of benzene rings is 2. The highest BCUT2D eigenvalue weighted by Gasteiger charge is 2.54. The summed E-state index contributed by atoms with van der Waals surface area (Å²) in [6.07, 6.45) is 1.97. The highest BCUT2D eigenvalue weighted by Crippen LogP contribution is 2.39. The first-order valence-corrected chi connectivity index (χ1v) is 9.48. The van der Waals surface area contributed by atoms with Crippen molar-refractivity contribution in [3.05, 3.63) is 71.0 Å². The molecule has 2 aliphatic rings. The molecule has 2 aromatic carbocycles. The van der Waals surface area contributed by atoms with Gasteiger partial charge in [-0.15, -0.1) is 0 Å². The molecule has 30 heavy (non-hydrogen) atoms. The predicted molar refractivity (Wildman–Crippen MR) is 103 cm³/mol. The van der Waals surface area contributed by atoms with Crippen molar-refractivity contribution in [2.24, 2.45) is 0 Å². The Bertz CT molecular complexity index is 1060. The highest BCUT2D eigenvalue weighted by atomic mass is 19.1. The predicted octanol–water partition coefficient (Wildman–Crippen LogP) is 1.37. The molecule has 1 heterocycles. The standard InChI is InChI=1S/C21H19FN4O4/c22-16-10-4-2-8-14(16)18(28)25-24-17(27)12-26-19(29)21(23-20(26)30)11-5-7-13-6-1-3-9-15(13)21/h1-4,6,8-10H,5,7,11-12H2,(H,23,30)(H,24,27)(H,25,28). The number of hydrogen-bond donors (Lipinski definition) is 3. The molecule has 1 unspecified atom stereocenters. The maximum atomic E-state index is 13.6. The Morgan fingerprint density at radius 1 is 1.07 bits per heavy atom. The van der Waals surface area contributed by atoms with E-state index in [2.05, 4.69) is 16.2 Å². The van der Waals surface area contributed by atoms with E-state index in [4.69, 9.17) is 0 Å². The second-order valence-electron chi connectivity index (χ2n) is 7.22. The second-order valence-corrected chi connectivity index (χ2v) is 7.22. The van der Waals surface area contributed by atoms with Gasteiger partial charge in [0.1, 0.15) is 17.9 Å². The quantitative estimate of drug-likeness (QED) is 0.525. The minimum atomic E-state index is -1.18. The molecular formula is C21H19FN4O4. The van der Waals surface area contributed by atoms with E-state index in [0.717, 1.165) is 34.9 Å². The SMILES string of the molecule is O=C(CN1C(=O)NC2(CCCc3ccccc32)C1=O)NNC(=O)c1ccccc1F. The fraction of sp³-hybridized carbons (Fsp3) is 0.238. The fourth-order valence-electron chi connectivity index (χ4n) is 3.98. The monoisotopic (exact) mass is 410 g/mol. The Balaban J connectivity index is 1.44. The molecule has 1 aliphatic heterocycles. The van der Waals surface area contributed by atoms with Gasteiger partial charge in [0, 0.05) is 0 Å². The molecule has 3 N–H and O–H groups in total. The number of imide groups is 1. The molecule has 1 fully saturated rings. The molecule has 4 rings (SSSR count). The van der Waals surface area contributed by atoms with Crippen LogP contribution in [0.5, 0.6) is 0 Å². The van der Waals surface area contributed by atoms with Gasteiger partial charge < -0.3 is 5.32 Å². The van der Waals surface area contributed by atoms with E-state index in [1.165, 1.54) is 18.2 Å². The van der Waals surface area contributed by atoms with Crippen LogP contribution in [0.2, 0.25) is 0 Å². The molecule has 154 valence electrons. The number of nitrogens with zero attached hydrogens (tertiary/aromatic N) is 1. The van der Waals surface area contributed by atoms with E-state index >= 15 is 0 Å². The van der Waals surface area contributed by atoms with Crippen molar-refractivity contribution in [2.45, 2.75) is 24.8 Å². The summed E-state index contributed by atoms with van der Waals surface area (Å²) in [6.45, 7) is -0.577. The van der Waals surface area contributed by atoms with Crippen LogP contribution < -0.4 is 16.2 Å². The first-order valence-electron chi connectivity index (χ1n) is 9.48. The summed E-state index contributed by atoms with van der Waals surface area (Å²) in [7, 11) is 0. The number of halogens is 1. The van der Waals surface area contributed by atoms with Crippen molar-refractivity contribution in [3.63, 3.8) is 0 Å². The van der Waals surface area contributed by atoms with E-state index in [-0.39, 0.29) is 5.56 Å². The van der Waals surface area contributed by atoms with Crippen LogP contribution in [0, 0.1) is 5.82 Å². The van der Waals surface area contributed by atoms with E-state index < -0.39 is 41.7 Å². The number of hydrogen-bond acceptors (Lipinski definition) is 4. The third-order valence-corrected chi connectivity index (χ3v) is 5.39. The lowest BCUT2D eigenvalue weighted by atomic mass is 9.76. The van der Waals surface area contributed by atoms with Gasteiger partial charge in [-0.1, -0.05) is 36.4 Å². The Hall–Kier alpha value is -3.75. The smallest absolute Gasteiger partial charge is 0.319 e. The molecule has 1 saturated heterocycles. The largest absolute Gasteiger partial charge is 0.325 e. The van der Waals surface area contributed by atoms with Crippen molar-refractivity contribution >= 4 is 23.8 Å². The van der Waals surface area contributed by atoms with Crippen LogP contribution in [-0.4, -0.2) is 35.2 Å². The number of aryl methyl sites for hydroxylation is 1. The third-order valence-electron chi connectivity index (χ3n) is 5.39. The molecule has 0 saturated carbocycles. The van der Waals surface area contributed by atoms with Gasteiger partial charge in [-0.2, -0.15) is 0 Å². The van der Waals surface area contributed by atoms with Crippen LogP contribution in [0.15, 0.2) is 48.5 Å². The molecule has 1 spiro atoms. The first kappa shape index (κ1) is 19.6. The number of rotatable bonds is 3. The Morgan fingerprint density at radius 3 is 2.60 bits per heavy atom. The van der Waals surface area contributed by atoms with E-state index in [1.54, 1.807) is 6.07 Å². The zero-order valence-electron chi connectivity index (χ0n) is 15.9. The summed E-state index contributed by atoms with van der Waals surface area (Å²) in [6, 6.07) is 12.0. The molecule has 8 nitrogen and oxygen atoms in total. The zero-order chi connectivity index (χ0) is 21.3. The van der Waals surface area contributed by atoms with Gasteiger partial charge in [0.2, 0.25) is 0 Å². The maximum absolute atomic E-state index is 13.6. The first-order chi connectivity index (χ1) is 14.4. The fourth-order valence-corrected chi connectivity index (χ4v) is 3.98. The maximum Gasteiger partial charge on any atom is 0.325 e. The molecule has 0 aromatic heterocycles. The van der Waals surface area contributed by atoms with E-state index in [9.17, 15) is 23.6 Å². The van der Waals surface area contributed by atoms with E-state index in [1.807, 2.05) is 18.2 Å². The van der Waals surface area contributed by atoms with Crippen LogP contribution in [0.3, 0.4) is 0 Å². The summed E-state index contributed by atoms with van der Waals surface area (Å²) in [5.41, 5.74) is 4.49. The van der Waals surface area contributed by atoms with Crippen LogP contribution >= 0.6 is 0 Å². The number of urea groups is 1. The van der Waals surface area contributed by atoms with Crippen molar-refractivity contribution in [1.82, 2.24) is 21.1 Å². The zero-order valence-corrected chi connectivity index (χ0v) is 15.9. The van der Waals surface area contributed by atoms with Gasteiger partial charge in [0.05, 0.1) is 5.56 Å². The minimum Gasteiger partial charge on any atom is -0.319 e. The van der Waals surface area contributed by atoms with Gasteiger partial charge >= 0.3 is 6.03 Å². The number of nitrogens with one attached hydrogen (secondary N) is 3. The van der Waals surface area contributed by atoms with Crippen LogP contribution in [-0.2, 0) is 21.5 Å². The number of carbonyl (C=O) groups is 4. The van der Waals surface area contributed by atoms with Gasteiger partial charge in [-0.05, 0) is 42.5 Å². The van der Waals surface area contributed by atoms with Crippen LogP contribution in [0.4, 0.5) is 9.18 Å². The van der Waals surface area contributed by atoms with Gasteiger partial charge in [0.15, 0.2) is 0 Å². The molecule has 2 aromatic rings. The minimum absolute atomic E-state index is 0.245. The molecule has 1 atom stereocenters. The van der Waals surface area contributed by atoms with E-state index in [0.29, 0.717) is 6.42 Å². The summed E-state index contributed by atoms with van der Waals surface area (Å²) in [5.74, 6) is -2.88. The van der Waals surface area contributed by atoms with Crippen molar-refractivity contribution in [1.29, 1.82) is 0 Å². The lowest BCUT2D eigenvalue weighted by molar-refractivity contribution is -0.135. The van der Waals surface area contributed by atoms with Crippen LogP contribution in [0.25, 0.3) is 0 Å². The number of hydrazine groups is 1. The van der Waals surface area contributed by atoms with Gasteiger partial charge in [0.25, 0.3) is 17.7 Å². The lowest BCUT2D eigenvalue weighted by Gasteiger charge is -2.33. The number of carbonyl (C=O) groups excluding carboxylic acids is 4. The highest BCUT2D eigenvalue weighted by molar-refractivity contribution is 6.09. The summed E-state index contributed by atoms with van der Waals surface area (Å²) in [4.78, 5) is 50.7. The Labute approximate surface area is 171 Å². The average Bonchev–Trinajstić information content (AvgIpc) is 2.97. The van der Waals surface area contributed by atoms with Gasteiger partial charge in [-0.3, -0.25) is 30.1 Å². The summed E-state index contributed by atoms with van der Waals surface area (Å²) in [5, 5.41) is 2.75. The third kappa shape index (κ3) is 3.28. The van der Waals surface area contributed by atoms with Crippen LogP contribution in [0.1, 0.15) is 34.3 Å². The van der Waals surface area contributed by atoms with Crippen molar-refractivity contribution in [2.75, 3.05) is 6.54 Å². The second kappa shape index (κ2) is 7.58. The molecular weight excluding hydrogens is 391 g/mol.